The Morgan fingerprint density at radius 3 is 2.53 bits per heavy atom. The molecule has 1 aromatic rings. The van der Waals surface area contributed by atoms with Crippen molar-refractivity contribution < 1.29 is 4.74 Å². The zero-order chi connectivity index (χ0) is 13.1. The molecule has 0 amide bonds. The third-order valence-electron chi connectivity index (χ3n) is 2.88. The zero-order valence-corrected chi connectivity index (χ0v) is 11.3. The van der Waals surface area contributed by atoms with Gasteiger partial charge in [0, 0.05) is 17.1 Å². The number of hydrogen-bond donors (Lipinski definition) is 2. The van der Waals surface area contributed by atoms with Crippen LogP contribution in [0.25, 0.3) is 0 Å². The quantitative estimate of drug-likeness (QED) is 0.825. The first kappa shape index (κ1) is 14.0. The number of aryl methyl sites for hydroxylation is 1. The van der Waals surface area contributed by atoms with Gasteiger partial charge in [0.15, 0.2) is 0 Å². The number of rotatable bonds is 5. The minimum atomic E-state index is -0.172. The van der Waals surface area contributed by atoms with E-state index in [1.165, 1.54) is 5.56 Å². The third-order valence-corrected chi connectivity index (χ3v) is 2.88. The lowest BCUT2D eigenvalue weighted by molar-refractivity contribution is 0.394. The molecule has 0 aliphatic carbocycles. The molecule has 0 bridgehead atoms. The van der Waals surface area contributed by atoms with Gasteiger partial charge in [-0.2, -0.15) is 0 Å². The van der Waals surface area contributed by atoms with E-state index in [0.29, 0.717) is 0 Å². The molecule has 0 aromatic heterocycles. The van der Waals surface area contributed by atoms with E-state index in [9.17, 15) is 0 Å². The topological polar surface area (TPSA) is 61.3 Å². The monoisotopic (exact) mass is 236 g/mol. The van der Waals surface area contributed by atoms with Crippen LogP contribution in [0.15, 0.2) is 18.2 Å². The molecule has 0 aliphatic rings. The van der Waals surface area contributed by atoms with Gasteiger partial charge in [0.05, 0.1) is 7.11 Å². The van der Waals surface area contributed by atoms with Gasteiger partial charge in [-0.05, 0) is 39.7 Å². The summed E-state index contributed by atoms with van der Waals surface area (Å²) in [6, 6.07) is 6.07. The van der Waals surface area contributed by atoms with Crippen LogP contribution in [-0.4, -0.2) is 12.6 Å². The highest BCUT2D eigenvalue weighted by molar-refractivity contribution is 5.38. The van der Waals surface area contributed by atoms with Gasteiger partial charge in [-0.3, -0.25) is 0 Å². The fraction of sp³-hybridized carbons (Fsp3) is 0.571. The van der Waals surface area contributed by atoms with Crippen LogP contribution >= 0.6 is 0 Å². The predicted molar refractivity (Wildman–Crippen MR) is 72.2 cm³/mol. The Kier molecular flexibility index (Phi) is 4.54. The lowest BCUT2D eigenvalue weighted by atomic mass is 9.93. The first-order chi connectivity index (χ1) is 7.83. The first-order valence-corrected chi connectivity index (χ1v) is 6.02. The maximum atomic E-state index is 6.21. The minimum Gasteiger partial charge on any atom is -0.496 e. The Balaban J connectivity index is 2.80. The van der Waals surface area contributed by atoms with Gasteiger partial charge in [-0.1, -0.05) is 17.7 Å². The van der Waals surface area contributed by atoms with Gasteiger partial charge in [0.2, 0.25) is 0 Å². The molecule has 0 fully saturated rings. The second-order valence-corrected chi connectivity index (χ2v) is 5.38. The van der Waals surface area contributed by atoms with Gasteiger partial charge in [0.1, 0.15) is 5.75 Å². The molecule has 1 unspecified atom stereocenters. The summed E-state index contributed by atoms with van der Waals surface area (Å²) >= 11 is 0. The van der Waals surface area contributed by atoms with E-state index >= 15 is 0 Å². The summed E-state index contributed by atoms with van der Waals surface area (Å²) in [5.74, 6) is 0.859. The summed E-state index contributed by atoms with van der Waals surface area (Å²) in [7, 11) is 1.67. The van der Waals surface area contributed by atoms with E-state index in [4.69, 9.17) is 16.2 Å². The Hall–Kier alpha value is -1.06. The van der Waals surface area contributed by atoms with Crippen LogP contribution in [0.5, 0.6) is 5.75 Å². The van der Waals surface area contributed by atoms with E-state index in [2.05, 4.69) is 13.0 Å². The van der Waals surface area contributed by atoms with E-state index in [1.807, 2.05) is 26.0 Å². The molecule has 4 N–H and O–H groups in total. The number of benzene rings is 1. The van der Waals surface area contributed by atoms with Gasteiger partial charge in [-0.15, -0.1) is 0 Å². The Labute approximate surface area is 104 Å². The number of methoxy groups -OCH3 is 1. The fourth-order valence-corrected chi connectivity index (χ4v) is 1.83. The third kappa shape index (κ3) is 4.36. The van der Waals surface area contributed by atoms with E-state index < -0.39 is 0 Å². The molecule has 3 nitrogen and oxygen atoms in total. The van der Waals surface area contributed by atoms with Crippen molar-refractivity contribution in [3.05, 3.63) is 29.3 Å². The molecule has 0 radical (unpaired) electrons. The highest BCUT2D eigenvalue weighted by Crippen LogP contribution is 2.28. The SMILES string of the molecule is COc1ccc(C)cc1C(N)CCC(C)(C)N. The van der Waals surface area contributed by atoms with E-state index in [0.717, 1.165) is 24.2 Å². The van der Waals surface area contributed by atoms with Crippen molar-refractivity contribution in [3.63, 3.8) is 0 Å². The molecule has 1 rings (SSSR count). The molecular formula is C14H24N2O. The Bertz CT molecular complexity index is 369. The van der Waals surface area contributed by atoms with Crippen molar-refractivity contribution in [1.29, 1.82) is 0 Å². The van der Waals surface area contributed by atoms with Gasteiger partial charge in [0.25, 0.3) is 0 Å². The van der Waals surface area contributed by atoms with Crippen molar-refractivity contribution in [3.8, 4) is 5.75 Å². The summed E-state index contributed by atoms with van der Waals surface area (Å²) in [4.78, 5) is 0. The second-order valence-electron chi connectivity index (χ2n) is 5.38. The van der Waals surface area contributed by atoms with Crippen LogP contribution < -0.4 is 16.2 Å². The van der Waals surface area contributed by atoms with Crippen molar-refractivity contribution >= 4 is 0 Å². The summed E-state index contributed by atoms with van der Waals surface area (Å²) in [6.45, 7) is 6.10. The zero-order valence-electron chi connectivity index (χ0n) is 11.3. The average molecular weight is 236 g/mol. The van der Waals surface area contributed by atoms with Crippen molar-refractivity contribution in [2.45, 2.75) is 45.2 Å². The molecular weight excluding hydrogens is 212 g/mol. The Morgan fingerprint density at radius 1 is 1.35 bits per heavy atom. The Morgan fingerprint density at radius 2 is 2.00 bits per heavy atom. The van der Waals surface area contributed by atoms with Crippen LogP contribution in [0.3, 0.4) is 0 Å². The predicted octanol–water partition coefficient (Wildman–Crippen LogP) is 2.52. The summed E-state index contributed by atoms with van der Waals surface area (Å²) in [5.41, 5.74) is 14.3. The molecule has 0 saturated heterocycles. The highest BCUT2D eigenvalue weighted by Gasteiger charge is 2.16. The summed E-state index contributed by atoms with van der Waals surface area (Å²) in [5, 5.41) is 0. The number of ether oxygens (including phenoxy) is 1. The molecule has 0 heterocycles. The van der Waals surface area contributed by atoms with Crippen LogP contribution in [0.1, 0.15) is 43.9 Å². The highest BCUT2D eigenvalue weighted by atomic mass is 16.5. The lowest BCUT2D eigenvalue weighted by Crippen LogP contribution is -2.32. The largest absolute Gasteiger partial charge is 0.496 e. The van der Waals surface area contributed by atoms with Gasteiger partial charge >= 0.3 is 0 Å². The minimum absolute atomic E-state index is 0.0207. The summed E-state index contributed by atoms with van der Waals surface area (Å²) < 4.78 is 5.34. The number of hydrogen-bond acceptors (Lipinski definition) is 3. The van der Waals surface area contributed by atoms with Crippen LogP contribution in [0.2, 0.25) is 0 Å². The maximum absolute atomic E-state index is 6.21. The van der Waals surface area contributed by atoms with Crippen LogP contribution in [-0.2, 0) is 0 Å². The maximum Gasteiger partial charge on any atom is 0.123 e. The van der Waals surface area contributed by atoms with Crippen molar-refractivity contribution in [2.24, 2.45) is 11.5 Å². The van der Waals surface area contributed by atoms with Gasteiger partial charge in [-0.25, -0.2) is 0 Å². The molecule has 3 heteroatoms. The molecule has 96 valence electrons. The second kappa shape index (κ2) is 5.52. The molecule has 0 spiro atoms. The smallest absolute Gasteiger partial charge is 0.123 e. The van der Waals surface area contributed by atoms with Crippen molar-refractivity contribution in [2.75, 3.05) is 7.11 Å². The number of nitrogens with two attached hydrogens (primary N) is 2. The fourth-order valence-electron chi connectivity index (χ4n) is 1.83. The lowest BCUT2D eigenvalue weighted by Gasteiger charge is -2.22. The van der Waals surface area contributed by atoms with Crippen molar-refractivity contribution in [1.82, 2.24) is 0 Å². The average Bonchev–Trinajstić information content (AvgIpc) is 2.25. The van der Waals surface area contributed by atoms with Gasteiger partial charge < -0.3 is 16.2 Å². The van der Waals surface area contributed by atoms with E-state index in [1.54, 1.807) is 7.11 Å². The molecule has 0 aliphatic heterocycles. The van der Waals surface area contributed by atoms with Crippen LogP contribution in [0.4, 0.5) is 0 Å². The van der Waals surface area contributed by atoms with Crippen LogP contribution in [0, 0.1) is 6.92 Å². The normalized spacial score (nSPS) is 13.5. The molecule has 1 atom stereocenters. The summed E-state index contributed by atoms with van der Waals surface area (Å²) in [6.07, 6.45) is 1.76. The molecule has 17 heavy (non-hydrogen) atoms. The molecule has 1 aromatic carbocycles. The standard InChI is InChI=1S/C14H24N2O/c1-10-5-6-13(17-4)11(9-10)12(15)7-8-14(2,3)16/h5-6,9,12H,7-8,15-16H2,1-4H3. The van der Waals surface area contributed by atoms with E-state index in [-0.39, 0.29) is 11.6 Å². The first-order valence-electron chi connectivity index (χ1n) is 6.02. The molecule has 0 saturated carbocycles.